The Kier molecular flexibility index (Phi) is 4.81. The maximum Gasteiger partial charge on any atom is 0.126 e. The summed E-state index contributed by atoms with van der Waals surface area (Å²) in [5.74, 6) is -1.19. The van der Waals surface area contributed by atoms with Crippen LogP contribution in [0, 0.1) is 15.2 Å². The molecule has 0 radical (unpaired) electrons. The first-order valence-corrected chi connectivity index (χ1v) is 8.05. The largest absolute Gasteiger partial charge is 0.255 e. The zero-order valence-corrected chi connectivity index (χ0v) is 14.2. The van der Waals surface area contributed by atoms with Crippen molar-refractivity contribution in [2.24, 2.45) is 4.99 Å². The minimum atomic E-state index is -0.593. The number of halogens is 3. The van der Waals surface area contributed by atoms with Gasteiger partial charge in [0.2, 0.25) is 0 Å². The second-order valence-electron chi connectivity index (χ2n) is 4.95. The van der Waals surface area contributed by atoms with E-state index in [0.717, 1.165) is 26.5 Å². The van der Waals surface area contributed by atoms with E-state index >= 15 is 0 Å². The summed E-state index contributed by atoms with van der Waals surface area (Å²) in [6, 6.07) is 18.7. The van der Waals surface area contributed by atoms with Crippen LogP contribution in [0.15, 0.2) is 71.7 Å². The summed E-state index contributed by atoms with van der Waals surface area (Å²) in [7, 11) is 0. The van der Waals surface area contributed by atoms with Crippen molar-refractivity contribution in [2.45, 2.75) is 0 Å². The first-order valence-electron chi connectivity index (χ1n) is 6.97. The van der Waals surface area contributed by atoms with Crippen molar-refractivity contribution in [1.29, 1.82) is 0 Å². The van der Waals surface area contributed by atoms with Crippen molar-refractivity contribution < 1.29 is 8.78 Å². The van der Waals surface area contributed by atoms with Crippen LogP contribution in [0.5, 0.6) is 0 Å². The second kappa shape index (κ2) is 7.00. The van der Waals surface area contributed by atoms with Crippen LogP contribution in [0.3, 0.4) is 0 Å². The minimum Gasteiger partial charge on any atom is -0.255 e. The molecule has 0 fully saturated rings. The predicted octanol–water partition coefficient (Wildman–Crippen LogP) is 5.99. The first-order chi connectivity index (χ1) is 11.1. The van der Waals surface area contributed by atoms with E-state index < -0.39 is 11.6 Å². The van der Waals surface area contributed by atoms with Gasteiger partial charge in [0.05, 0.1) is 5.69 Å². The third-order valence-corrected chi connectivity index (χ3v) is 4.24. The molecule has 0 aliphatic rings. The molecule has 23 heavy (non-hydrogen) atoms. The van der Waals surface area contributed by atoms with E-state index in [0.29, 0.717) is 5.56 Å². The maximum absolute atomic E-state index is 13.5. The molecule has 3 aromatic carbocycles. The van der Waals surface area contributed by atoms with Crippen molar-refractivity contribution in [2.75, 3.05) is 0 Å². The highest BCUT2D eigenvalue weighted by atomic mass is 127. The molecule has 3 rings (SSSR count). The number of benzene rings is 3. The molecule has 0 saturated carbocycles. The van der Waals surface area contributed by atoms with Crippen molar-refractivity contribution in [3.05, 3.63) is 87.5 Å². The Morgan fingerprint density at radius 2 is 1.48 bits per heavy atom. The molecule has 0 aliphatic carbocycles. The van der Waals surface area contributed by atoms with E-state index in [2.05, 4.69) is 27.6 Å². The second-order valence-corrected chi connectivity index (χ2v) is 6.12. The van der Waals surface area contributed by atoms with Gasteiger partial charge in [0.25, 0.3) is 0 Å². The zero-order chi connectivity index (χ0) is 16.2. The molecule has 4 heteroatoms. The summed E-state index contributed by atoms with van der Waals surface area (Å²) < 4.78 is 28.0. The Morgan fingerprint density at radius 3 is 2.22 bits per heavy atom. The average molecular weight is 419 g/mol. The molecule has 114 valence electrons. The Bertz CT molecular complexity index is 854. The summed E-state index contributed by atoms with van der Waals surface area (Å²) in [6.07, 6.45) is 1.72. The lowest BCUT2D eigenvalue weighted by atomic mass is 10.00. The molecular formula is C19H12F2IN. The van der Waals surface area contributed by atoms with Crippen LogP contribution in [-0.2, 0) is 0 Å². The standard InChI is InChI=1S/C19H12F2IN/c20-15-9-14(10-16(21)11-15)17-6-2-1-5-13(17)12-23-19-8-4-3-7-18(19)22/h1-12H. The van der Waals surface area contributed by atoms with Gasteiger partial charge in [-0.2, -0.15) is 0 Å². The van der Waals surface area contributed by atoms with E-state index in [1.807, 2.05) is 48.5 Å². The van der Waals surface area contributed by atoms with Crippen LogP contribution in [0.1, 0.15) is 5.56 Å². The van der Waals surface area contributed by atoms with Crippen LogP contribution >= 0.6 is 22.6 Å². The highest BCUT2D eigenvalue weighted by Gasteiger charge is 2.07. The Labute approximate surface area is 146 Å². The number of aliphatic imine (C=N–C) groups is 1. The van der Waals surface area contributed by atoms with E-state index in [1.54, 1.807) is 6.21 Å². The first kappa shape index (κ1) is 15.8. The Hall–Kier alpha value is -2.08. The van der Waals surface area contributed by atoms with Crippen LogP contribution in [0.2, 0.25) is 0 Å². The number of para-hydroxylation sites is 1. The van der Waals surface area contributed by atoms with Gasteiger partial charge in [-0.1, -0.05) is 36.4 Å². The van der Waals surface area contributed by atoms with Gasteiger partial charge in [-0.15, -0.1) is 0 Å². The fraction of sp³-hybridized carbons (Fsp3) is 0. The molecule has 0 bridgehead atoms. The zero-order valence-electron chi connectivity index (χ0n) is 12.0. The molecule has 0 unspecified atom stereocenters. The molecule has 0 aromatic heterocycles. The van der Waals surface area contributed by atoms with Crippen molar-refractivity contribution in [3.8, 4) is 11.1 Å². The predicted molar refractivity (Wildman–Crippen MR) is 98.2 cm³/mol. The van der Waals surface area contributed by atoms with Crippen molar-refractivity contribution in [1.82, 2.24) is 0 Å². The monoisotopic (exact) mass is 419 g/mol. The van der Waals surface area contributed by atoms with Gasteiger partial charge in [-0.3, -0.25) is 4.99 Å². The summed E-state index contributed by atoms with van der Waals surface area (Å²) in [6.45, 7) is 0. The maximum atomic E-state index is 13.5. The van der Waals surface area contributed by atoms with Crippen LogP contribution in [-0.4, -0.2) is 6.21 Å². The number of hydrogen-bond acceptors (Lipinski definition) is 1. The summed E-state index contributed by atoms with van der Waals surface area (Å²) in [5, 5.41) is 0. The average Bonchev–Trinajstić information content (AvgIpc) is 2.53. The van der Waals surface area contributed by atoms with E-state index in [9.17, 15) is 8.78 Å². The molecule has 0 amide bonds. The molecule has 0 saturated heterocycles. The highest BCUT2D eigenvalue weighted by molar-refractivity contribution is 14.1. The van der Waals surface area contributed by atoms with E-state index in [1.165, 1.54) is 12.1 Å². The van der Waals surface area contributed by atoms with Crippen LogP contribution < -0.4 is 0 Å². The summed E-state index contributed by atoms with van der Waals surface area (Å²) >= 11 is 2.22. The fourth-order valence-corrected chi connectivity index (χ4v) is 2.80. The third-order valence-electron chi connectivity index (χ3n) is 3.33. The Morgan fingerprint density at radius 1 is 0.826 bits per heavy atom. The lowest BCUT2D eigenvalue weighted by Crippen LogP contribution is -1.90. The molecule has 0 aliphatic heterocycles. The normalized spacial score (nSPS) is 11.1. The summed E-state index contributed by atoms with van der Waals surface area (Å²) in [4.78, 5) is 4.49. The third kappa shape index (κ3) is 3.82. The lowest BCUT2D eigenvalue weighted by molar-refractivity contribution is 0.584. The van der Waals surface area contributed by atoms with Gasteiger partial charge >= 0.3 is 0 Å². The van der Waals surface area contributed by atoms with E-state index in [-0.39, 0.29) is 0 Å². The number of nitrogens with zero attached hydrogens (tertiary/aromatic N) is 1. The van der Waals surface area contributed by atoms with Gasteiger partial charge in [-0.05, 0) is 58.0 Å². The molecule has 0 N–H and O–H groups in total. The minimum absolute atomic E-state index is 0.493. The van der Waals surface area contributed by atoms with Gasteiger partial charge in [-0.25, -0.2) is 8.78 Å². The quantitative estimate of drug-likeness (QED) is 0.366. The summed E-state index contributed by atoms with van der Waals surface area (Å²) in [5.41, 5.74) is 2.89. The topological polar surface area (TPSA) is 12.4 Å². The lowest BCUT2D eigenvalue weighted by Gasteiger charge is -2.07. The molecule has 3 aromatic rings. The fourth-order valence-electron chi connectivity index (χ4n) is 2.28. The van der Waals surface area contributed by atoms with Crippen molar-refractivity contribution in [3.63, 3.8) is 0 Å². The number of rotatable bonds is 3. The van der Waals surface area contributed by atoms with Gasteiger partial charge in [0.15, 0.2) is 0 Å². The smallest absolute Gasteiger partial charge is 0.126 e. The molecule has 0 atom stereocenters. The van der Waals surface area contributed by atoms with Crippen molar-refractivity contribution >= 4 is 34.5 Å². The van der Waals surface area contributed by atoms with Gasteiger partial charge in [0.1, 0.15) is 11.6 Å². The molecule has 0 heterocycles. The van der Waals surface area contributed by atoms with Crippen LogP contribution in [0.4, 0.5) is 14.5 Å². The molecular weight excluding hydrogens is 407 g/mol. The number of hydrogen-bond donors (Lipinski definition) is 0. The highest BCUT2D eigenvalue weighted by Crippen LogP contribution is 2.26. The van der Waals surface area contributed by atoms with Gasteiger partial charge in [0, 0.05) is 21.4 Å². The van der Waals surface area contributed by atoms with Gasteiger partial charge < -0.3 is 0 Å². The molecule has 1 nitrogen and oxygen atoms in total. The van der Waals surface area contributed by atoms with Crippen LogP contribution in [0.25, 0.3) is 11.1 Å². The SMILES string of the molecule is Fc1cc(F)cc(-c2ccccc2C=Nc2ccccc2I)c1. The van der Waals surface area contributed by atoms with E-state index in [4.69, 9.17) is 0 Å². The Balaban J connectivity index is 2.03. The molecule has 0 spiro atoms.